The second kappa shape index (κ2) is 7.15. The molecular weight excluding hydrogens is 330 g/mol. The van der Waals surface area contributed by atoms with E-state index < -0.39 is 0 Å². The lowest BCUT2D eigenvalue weighted by Gasteiger charge is -2.19. The standard InChI is InChI=1S/C20H21N3OS/c1-20(2,3)14-7-9-15(10-8-14)22-18(24)12-16-13-25-19(23-16)17-6-4-5-11-21-17/h4-11,13H,12H2,1-3H3,(H,22,24). The summed E-state index contributed by atoms with van der Waals surface area (Å²) in [6.07, 6.45) is 1.99. The van der Waals surface area contributed by atoms with Crippen LogP contribution >= 0.6 is 11.3 Å². The summed E-state index contributed by atoms with van der Waals surface area (Å²) in [4.78, 5) is 21.0. The van der Waals surface area contributed by atoms with Crippen molar-refractivity contribution < 1.29 is 4.79 Å². The van der Waals surface area contributed by atoms with Gasteiger partial charge >= 0.3 is 0 Å². The molecule has 0 fully saturated rings. The van der Waals surface area contributed by atoms with E-state index in [1.54, 1.807) is 6.20 Å². The Morgan fingerprint density at radius 1 is 1.12 bits per heavy atom. The molecule has 25 heavy (non-hydrogen) atoms. The van der Waals surface area contributed by atoms with Crippen LogP contribution < -0.4 is 5.32 Å². The minimum absolute atomic E-state index is 0.0682. The average Bonchev–Trinajstić information content (AvgIpc) is 3.03. The van der Waals surface area contributed by atoms with Gasteiger partial charge in [-0.25, -0.2) is 4.98 Å². The number of nitrogens with zero attached hydrogens (tertiary/aromatic N) is 2. The molecule has 3 aromatic rings. The number of aromatic nitrogens is 2. The van der Waals surface area contributed by atoms with E-state index in [1.165, 1.54) is 16.9 Å². The van der Waals surface area contributed by atoms with Gasteiger partial charge in [0.25, 0.3) is 0 Å². The molecule has 0 bridgehead atoms. The molecular formula is C20H21N3OS. The van der Waals surface area contributed by atoms with Crippen molar-refractivity contribution in [1.82, 2.24) is 9.97 Å². The zero-order chi connectivity index (χ0) is 17.9. The van der Waals surface area contributed by atoms with Gasteiger partial charge < -0.3 is 5.32 Å². The highest BCUT2D eigenvalue weighted by Gasteiger charge is 2.14. The molecule has 0 atom stereocenters. The Morgan fingerprint density at radius 2 is 1.88 bits per heavy atom. The third-order valence-corrected chi connectivity index (χ3v) is 4.73. The first-order valence-corrected chi connectivity index (χ1v) is 9.06. The SMILES string of the molecule is CC(C)(C)c1ccc(NC(=O)Cc2csc(-c3ccccn3)n2)cc1. The normalized spacial score (nSPS) is 11.3. The number of carbonyl (C=O) groups excluding carboxylic acids is 1. The van der Waals surface area contributed by atoms with Crippen LogP contribution in [0.5, 0.6) is 0 Å². The van der Waals surface area contributed by atoms with Crippen molar-refractivity contribution in [2.75, 3.05) is 5.32 Å². The number of hydrogen-bond acceptors (Lipinski definition) is 4. The largest absolute Gasteiger partial charge is 0.326 e. The van der Waals surface area contributed by atoms with E-state index in [0.717, 1.165) is 22.1 Å². The maximum atomic E-state index is 12.2. The summed E-state index contributed by atoms with van der Waals surface area (Å²) >= 11 is 1.50. The van der Waals surface area contributed by atoms with Crippen LogP contribution in [0.1, 0.15) is 32.0 Å². The lowest BCUT2D eigenvalue weighted by Crippen LogP contribution is -2.15. The number of anilines is 1. The monoisotopic (exact) mass is 351 g/mol. The predicted octanol–water partition coefficient (Wildman–Crippen LogP) is 4.68. The Kier molecular flexibility index (Phi) is 4.95. The maximum Gasteiger partial charge on any atom is 0.230 e. The lowest BCUT2D eigenvalue weighted by molar-refractivity contribution is -0.115. The second-order valence-corrected chi connectivity index (χ2v) is 7.77. The summed E-state index contributed by atoms with van der Waals surface area (Å²) in [5.74, 6) is -0.0682. The number of benzene rings is 1. The zero-order valence-corrected chi connectivity index (χ0v) is 15.4. The van der Waals surface area contributed by atoms with Crippen LogP contribution in [-0.4, -0.2) is 15.9 Å². The van der Waals surface area contributed by atoms with Gasteiger partial charge in [0.05, 0.1) is 17.8 Å². The van der Waals surface area contributed by atoms with Crippen molar-refractivity contribution in [2.45, 2.75) is 32.6 Å². The van der Waals surface area contributed by atoms with E-state index in [1.807, 2.05) is 35.7 Å². The highest BCUT2D eigenvalue weighted by Crippen LogP contribution is 2.24. The lowest BCUT2D eigenvalue weighted by atomic mass is 9.87. The van der Waals surface area contributed by atoms with Crippen molar-refractivity contribution in [3.05, 3.63) is 65.3 Å². The second-order valence-electron chi connectivity index (χ2n) is 6.91. The van der Waals surface area contributed by atoms with Gasteiger partial charge in [-0.15, -0.1) is 11.3 Å². The molecule has 0 spiro atoms. The predicted molar refractivity (Wildman–Crippen MR) is 103 cm³/mol. The van der Waals surface area contributed by atoms with Crippen molar-refractivity contribution in [1.29, 1.82) is 0 Å². The van der Waals surface area contributed by atoms with E-state index in [2.05, 4.69) is 48.2 Å². The van der Waals surface area contributed by atoms with Gasteiger partial charge in [-0.1, -0.05) is 39.0 Å². The van der Waals surface area contributed by atoms with E-state index in [9.17, 15) is 4.79 Å². The molecule has 0 saturated carbocycles. The van der Waals surface area contributed by atoms with Crippen LogP contribution in [0, 0.1) is 0 Å². The highest BCUT2D eigenvalue weighted by atomic mass is 32.1. The van der Waals surface area contributed by atoms with Crippen molar-refractivity contribution in [3.63, 3.8) is 0 Å². The molecule has 0 saturated heterocycles. The quantitative estimate of drug-likeness (QED) is 0.742. The molecule has 0 aliphatic rings. The van der Waals surface area contributed by atoms with Crippen LogP contribution in [-0.2, 0) is 16.6 Å². The molecule has 1 aromatic carbocycles. The highest BCUT2D eigenvalue weighted by molar-refractivity contribution is 7.13. The van der Waals surface area contributed by atoms with Gasteiger partial charge in [0.1, 0.15) is 5.01 Å². The van der Waals surface area contributed by atoms with Gasteiger partial charge in [-0.2, -0.15) is 0 Å². The molecule has 128 valence electrons. The van der Waals surface area contributed by atoms with Crippen molar-refractivity contribution >= 4 is 22.9 Å². The Balaban J connectivity index is 1.62. The molecule has 2 aromatic heterocycles. The van der Waals surface area contributed by atoms with Gasteiger partial charge in [-0.05, 0) is 35.2 Å². The first-order chi connectivity index (χ1) is 11.9. The number of thiazole rings is 1. The molecule has 3 rings (SSSR count). The minimum Gasteiger partial charge on any atom is -0.326 e. The molecule has 2 heterocycles. The number of rotatable bonds is 4. The van der Waals surface area contributed by atoms with Gasteiger partial charge in [-0.3, -0.25) is 9.78 Å². The van der Waals surface area contributed by atoms with Gasteiger partial charge in [0.2, 0.25) is 5.91 Å². The van der Waals surface area contributed by atoms with Crippen molar-refractivity contribution in [3.8, 4) is 10.7 Å². The summed E-state index contributed by atoms with van der Waals surface area (Å²) in [6.45, 7) is 6.51. The number of nitrogens with one attached hydrogen (secondary N) is 1. The third kappa shape index (κ3) is 4.51. The number of pyridine rings is 1. The average molecular weight is 351 g/mol. The minimum atomic E-state index is -0.0682. The van der Waals surface area contributed by atoms with Crippen LogP contribution in [0.2, 0.25) is 0 Å². The summed E-state index contributed by atoms with van der Waals surface area (Å²) in [5, 5.41) is 5.67. The fourth-order valence-electron chi connectivity index (χ4n) is 2.42. The molecule has 4 nitrogen and oxygen atoms in total. The van der Waals surface area contributed by atoms with E-state index in [4.69, 9.17) is 0 Å². The van der Waals surface area contributed by atoms with Gasteiger partial charge in [0, 0.05) is 17.3 Å². The fraction of sp³-hybridized carbons (Fsp3) is 0.250. The topological polar surface area (TPSA) is 54.9 Å². The Hall–Kier alpha value is -2.53. The molecule has 0 radical (unpaired) electrons. The van der Waals surface area contributed by atoms with Crippen LogP contribution in [0.4, 0.5) is 5.69 Å². The van der Waals surface area contributed by atoms with Crippen LogP contribution in [0.15, 0.2) is 54.0 Å². The zero-order valence-electron chi connectivity index (χ0n) is 14.6. The molecule has 1 N–H and O–H groups in total. The van der Waals surface area contributed by atoms with E-state index in [-0.39, 0.29) is 17.7 Å². The van der Waals surface area contributed by atoms with E-state index >= 15 is 0 Å². The number of amides is 1. The van der Waals surface area contributed by atoms with Crippen LogP contribution in [0.3, 0.4) is 0 Å². The van der Waals surface area contributed by atoms with E-state index in [0.29, 0.717) is 0 Å². The first-order valence-electron chi connectivity index (χ1n) is 8.18. The molecule has 5 heteroatoms. The molecule has 1 amide bonds. The summed E-state index contributed by atoms with van der Waals surface area (Å²) in [7, 11) is 0. The first kappa shape index (κ1) is 17.3. The number of carbonyl (C=O) groups is 1. The molecule has 0 aliphatic heterocycles. The Labute approximate surface area is 152 Å². The van der Waals surface area contributed by atoms with Crippen molar-refractivity contribution in [2.24, 2.45) is 0 Å². The third-order valence-electron chi connectivity index (χ3n) is 3.81. The molecule has 0 aliphatic carbocycles. The number of hydrogen-bond donors (Lipinski definition) is 1. The Morgan fingerprint density at radius 3 is 2.52 bits per heavy atom. The van der Waals surface area contributed by atoms with Crippen LogP contribution in [0.25, 0.3) is 10.7 Å². The smallest absolute Gasteiger partial charge is 0.230 e. The Bertz CT molecular complexity index is 849. The summed E-state index contributed by atoms with van der Waals surface area (Å²) < 4.78 is 0. The maximum absolute atomic E-state index is 12.2. The summed E-state index contributed by atoms with van der Waals surface area (Å²) in [5.41, 5.74) is 3.74. The van der Waals surface area contributed by atoms with Gasteiger partial charge in [0.15, 0.2) is 0 Å². The fourth-order valence-corrected chi connectivity index (χ4v) is 3.21. The summed E-state index contributed by atoms with van der Waals surface area (Å²) in [6, 6.07) is 13.7. The molecule has 0 unspecified atom stereocenters.